The second-order valence-electron chi connectivity index (χ2n) is 0.998. The minimum Gasteiger partial charge on any atom is -0.356 e. The van der Waals surface area contributed by atoms with Gasteiger partial charge in [-0.25, -0.2) is 0 Å². The van der Waals surface area contributed by atoms with E-state index >= 15 is 0 Å². The second-order valence-corrected chi connectivity index (χ2v) is 1.44. The molecule has 0 bridgehead atoms. The summed E-state index contributed by atoms with van der Waals surface area (Å²) in [5.41, 5.74) is 0. The van der Waals surface area contributed by atoms with Gasteiger partial charge in [0.05, 0.1) is 6.61 Å². The lowest BCUT2D eigenvalue weighted by molar-refractivity contribution is -0.109. The molecule has 0 saturated carbocycles. The Morgan fingerprint density at radius 1 is 1.88 bits per heavy atom. The summed E-state index contributed by atoms with van der Waals surface area (Å²) < 4.78 is 15.4. The van der Waals surface area contributed by atoms with E-state index in [0.29, 0.717) is 13.0 Å². The molecule has 0 spiro atoms. The molecule has 0 aliphatic carbocycles. The molecule has 1 unspecified atom stereocenters. The van der Waals surface area contributed by atoms with Gasteiger partial charge in [-0.2, -0.15) is 4.20 Å². The fraction of sp³-hybridized carbons (Fsp3) is 0.667. The fourth-order valence-electron chi connectivity index (χ4n) is 0.207. The van der Waals surface area contributed by atoms with Crippen LogP contribution in [0.1, 0.15) is 0 Å². The topological polar surface area (TPSA) is 38.3 Å². The molecule has 3 nitrogen and oxygen atoms in total. The van der Waals surface area contributed by atoms with E-state index in [1.54, 1.807) is 0 Å². The van der Waals surface area contributed by atoms with Crippen LogP contribution in [-0.2, 0) is 9.32 Å². The normalized spacial score (nSPS) is 10.1. The van der Waals surface area contributed by atoms with Gasteiger partial charge in [0.15, 0.2) is 0 Å². The molecule has 0 aliphatic rings. The molecule has 0 radical (unpaired) electrons. The first-order valence-electron chi connectivity index (χ1n) is 2.06. The van der Waals surface area contributed by atoms with Crippen molar-refractivity contribution in [2.45, 2.75) is 0 Å². The number of amides is 1. The van der Waals surface area contributed by atoms with Gasteiger partial charge in [-0.05, 0) is 0 Å². The maximum atomic E-state index is 11.1. The van der Waals surface area contributed by atoms with Crippen molar-refractivity contribution in [1.82, 2.24) is 5.32 Å². The van der Waals surface area contributed by atoms with Crippen molar-refractivity contribution in [1.29, 1.82) is 0 Å². The number of carbonyl (C=O) groups excluding carboxylic acids is 1. The quantitative estimate of drug-likeness (QED) is 0.336. The smallest absolute Gasteiger partial charge is 0.207 e. The molecule has 8 heavy (non-hydrogen) atoms. The first kappa shape index (κ1) is 7.79. The summed E-state index contributed by atoms with van der Waals surface area (Å²) in [6, 6.07) is 0. The largest absolute Gasteiger partial charge is 0.356 e. The van der Waals surface area contributed by atoms with Gasteiger partial charge in [-0.15, -0.1) is 0 Å². The number of nitrogens with one attached hydrogen (secondary N) is 1. The SMILES string of the molecule is O=CNCCOPF. The van der Waals surface area contributed by atoms with Crippen LogP contribution in [0.3, 0.4) is 0 Å². The summed E-state index contributed by atoms with van der Waals surface area (Å²) in [7, 11) is -0.987. The lowest BCUT2D eigenvalue weighted by Gasteiger charge is -1.94. The molecule has 0 aromatic carbocycles. The summed E-state index contributed by atoms with van der Waals surface area (Å²) in [5, 5.41) is 2.32. The molecule has 0 aromatic heterocycles. The van der Waals surface area contributed by atoms with Crippen LogP contribution < -0.4 is 5.32 Å². The summed E-state index contributed by atoms with van der Waals surface area (Å²) in [5.74, 6) is 0. The number of carbonyl (C=O) groups is 1. The monoisotopic (exact) mass is 139 g/mol. The predicted molar refractivity (Wildman–Crippen MR) is 29.4 cm³/mol. The van der Waals surface area contributed by atoms with Gasteiger partial charge in [0.1, 0.15) is 0 Å². The molecular weight excluding hydrogens is 132 g/mol. The highest BCUT2D eigenvalue weighted by Crippen LogP contribution is 2.09. The van der Waals surface area contributed by atoms with Crippen LogP contribution in [-0.4, -0.2) is 19.6 Å². The van der Waals surface area contributed by atoms with Crippen LogP contribution in [0.15, 0.2) is 0 Å². The van der Waals surface area contributed by atoms with E-state index in [-0.39, 0.29) is 6.61 Å². The van der Waals surface area contributed by atoms with Crippen molar-refractivity contribution in [3.8, 4) is 0 Å². The van der Waals surface area contributed by atoms with Crippen LogP contribution in [0.25, 0.3) is 0 Å². The third-order valence-electron chi connectivity index (χ3n) is 0.486. The predicted octanol–water partition coefficient (Wildman–Crippen LogP) is 0.227. The Morgan fingerprint density at radius 3 is 3.12 bits per heavy atom. The Balaban J connectivity index is 2.62. The van der Waals surface area contributed by atoms with Gasteiger partial charge in [-0.3, -0.25) is 4.79 Å². The maximum absolute atomic E-state index is 11.1. The maximum Gasteiger partial charge on any atom is 0.207 e. The van der Waals surface area contributed by atoms with Crippen LogP contribution in [0.4, 0.5) is 4.20 Å². The van der Waals surface area contributed by atoms with Crippen molar-refractivity contribution in [2.24, 2.45) is 0 Å². The molecule has 1 atom stereocenters. The lowest BCUT2D eigenvalue weighted by Crippen LogP contribution is -2.15. The van der Waals surface area contributed by atoms with Gasteiger partial charge in [-0.1, -0.05) is 0 Å². The van der Waals surface area contributed by atoms with E-state index in [1.807, 2.05) is 0 Å². The van der Waals surface area contributed by atoms with Crippen molar-refractivity contribution in [3.05, 3.63) is 0 Å². The highest BCUT2D eigenvalue weighted by atomic mass is 31.1. The van der Waals surface area contributed by atoms with Gasteiger partial charge in [0.2, 0.25) is 15.5 Å². The van der Waals surface area contributed by atoms with E-state index in [9.17, 15) is 8.99 Å². The standard InChI is InChI=1S/C3H7FNO2P/c4-8-7-2-1-5-3-6/h3,8H,1-2H2,(H,5,6). The highest BCUT2D eigenvalue weighted by molar-refractivity contribution is 7.25. The van der Waals surface area contributed by atoms with E-state index in [1.165, 1.54) is 0 Å². The number of hydrogen-bond acceptors (Lipinski definition) is 2. The van der Waals surface area contributed by atoms with Gasteiger partial charge >= 0.3 is 0 Å². The first-order valence-corrected chi connectivity index (χ1v) is 2.85. The molecule has 0 aromatic rings. The molecule has 1 amide bonds. The van der Waals surface area contributed by atoms with Crippen LogP contribution in [0.2, 0.25) is 0 Å². The Labute approximate surface area is 48.6 Å². The minimum absolute atomic E-state index is 0.244. The summed E-state index contributed by atoms with van der Waals surface area (Å²) in [4.78, 5) is 9.51. The highest BCUT2D eigenvalue weighted by Gasteiger charge is 1.81. The number of rotatable bonds is 5. The van der Waals surface area contributed by atoms with Crippen molar-refractivity contribution in [2.75, 3.05) is 13.2 Å². The zero-order valence-corrected chi connectivity index (χ0v) is 5.19. The van der Waals surface area contributed by atoms with Crippen LogP contribution in [0, 0.1) is 0 Å². The van der Waals surface area contributed by atoms with Crippen molar-refractivity contribution in [3.63, 3.8) is 0 Å². The third kappa shape index (κ3) is 5.79. The average Bonchev–Trinajstić information content (AvgIpc) is 1.81. The molecular formula is C3H7FNO2P. The van der Waals surface area contributed by atoms with Gasteiger partial charge in [0.25, 0.3) is 0 Å². The van der Waals surface area contributed by atoms with Crippen LogP contribution >= 0.6 is 9.12 Å². The van der Waals surface area contributed by atoms with E-state index in [0.717, 1.165) is 0 Å². The van der Waals surface area contributed by atoms with E-state index in [4.69, 9.17) is 0 Å². The van der Waals surface area contributed by atoms with Gasteiger partial charge < -0.3 is 9.84 Å². The van der Waals surface area contributed by atoms with Crippen molar-refractivity contribution >= 4 is 15.5 Å². The van der Waals surface area contributed by atoms with E-state index < -0.39 is 9.12 Å². The van der Waals surface area contributed by atoms with E-state index in [2.05, 4.69) is 9.84 Å². The Hall–Kier alpha value is -0.210. The Bertz CT molecular complexity index is 63.2. The Kier molecular flexibility index (Phi) is 6.61. The fourth-order valence-corrected chi connectivity index (χ4v) is 0.387. The number of halogens is 1. The molecule has 0 rings (SSSR count). The summed E-state index contributed by atoms with van der Waals surface area (Å²) >= 11 is 0. The van der Waals surface area contributed by atoms with Crippen molar-refractivity contribution < 1.29 is 13.5 Å². The zero-order chi connectivity index (χ0) is 6.24. The first-order chi connectivity index (χ1) is 3.91. The molecule has 1 N–H and O–H groups in total. The number of hydrogen-bond donors (Lipinski definition) is 1. The molecule has 5 heteroatoms. The Morgan fingerprint density at radius 2 is 2.62 bits per heavy atom. The molecule has 0 heterocycles. The van der Waals surface area contributed by atoms with Crippen LogP contribution in [0.5, 0.6) is 0 Å². The lowest BCUT2D eigenvalue weighted by atomic mass is 10.7. The second kappa shape index (κ2) is 6.79. The molecule has 0 fully saturated rings. The average molecular weight is 139 g/mol. The third-order valence-corrected chi connectivity index (χ3v) is 0.800. The molecule has 0 aliphatic heterocycles. The van der Waals surface area contributed by atoms with Gasteiger partial charge in [0, 0.05) is 6.54 Å². The molecule has 0 saturated heterocycles. The minimum atomic E-state index is -0.987. The summed E-state index contributed by atoms with van der Waals surface area (Å²) in [6.45, 7) is 0.619. The molecule has 48 valence electrons. The summed E-state index contributed by atoms with van der Waals surface area (Å²) in [6.07, 6.45) is 0.546. The zero-order valence-electron chi connectivity index (χ0n) is 4.19.